The number of carbonyl (C=O) groups is 1. The molecular formula is C18H16F2N4O3. The Morgan fingerprint density at radius 2 is 1.93 bits per heavy atom. The predicted octanol–water partition coefficient (Wildman–Crippen LogP) is 3.76. The number of hydrogen-bond donors (Lipinski definition) is 1. The number of halogens is 2. The van der Waals surface area contributed by atoms with Gasteiger partial charge in [0.05, 0.1) is 5.41 Å². The molecule has 27 heavy (non-hydrogen) atoms. The van der Waals surface area contributed by atoms with E-state index < -0.39 is 23.0 Å². The predicted molar refractivity (Wildman–Crippen MR) is 89.1 cm³/mol. The zero-order chi connectivity index (χ0) is 19.0. The minimum Gasteiger partial charge on any atom is -0.360 e. The van der Waals surface area contributed by atoms with Crippen LogP contribution in [0.25, 0.3) is 0 Å². The van der Waals surface area contributed by atoms with Gasteiger partial charge in [0.1, 0.15) is 17.4 Å². The summed E-state index contributed by atoms with van der Waals surface area (Å²) in [6, 6.07) is 5.00. The van der Waals surface area contributed by atoms with Crippen LogP contribution < -0.4 is 5.32 Å². The van der Waals surface area contributed by atoms with Gasteiger partial charge in [-0.05, 0) is 25.8 Å². The van der Waals surface area contributed by atoms with Crippen LogP contribution in [-0.4, -0.2) is 21.2 Å². The van der Waals surface area contributed by atoms with Crippen LogP contribution in [0.3, 0.4) is 0 Å². The van der Waals surface area contributed by atoms with Crippen molar-refractivity contribution in [3.8, 4) is 0 Å². The fourth-order valence-corrected chi connectivity index (χ4v) is 3.57. The molecule has 0 unspecified atom stereocenters. The molecule has 1 saturated carbocycles. The van der Waals surface area contributed by atoms with Crippen LogP contribution in [0.5, 0.6) is 0 Å². The summed E-state index contributed by atoms with van der Waals surface area (Å²) in [5.41, 5.74) is -0.536. The second-order valence-corrected chi connectivity index (χ2v) is 6.61. The molecule has 7 nitrogen and oxygen atoms in total. The van der Waals surface area contributed by atoms with Gasteiger partial charge in [-0.15, -0.1) is 0 Å². The van der Waals surface area contributed by atoms with Gasteiger partial charge in [0.15, 0.2) is 11.6 Å². The van der Waals surface area contributed by atoms with E-state index in [0.29, 0.717) is 24.2 Å². The van der Waals surface area contributed by atoms with Crippen LogP contribution in [0.4, 0.5) is 14.6 Å². The SMILES string of the molecule is Cc1cc(NC(=O)c2nc(C3(c4ccc(F)cc4F)CCCC3)no2)no1. The number of benzene rings is 1. The normalized spacial score (nSPS) is 15.8. The van der Waals surface area contributed by atoms with Gasteiger partial charge in [-0.25, -0.2) is 8.78 Å². The molecule has 1 aromatic carbocycles. The Bertz CT molecular complexity index is 992. The van der Waals surface area contributed by atoms with E-state index in [0.717, 1.165) is 18.9 Å². The fourth-order valence-electron chi connectivity index (χ4n) is 3.57. The van der Waals surface area contributed by atoms with Gasteiger partial charge in [-0.1, -0.05) is 29.2 Å². The number of nitrogens with zero attached hydrogens (tertiary/aromatic N) is 3. The quantitative estimate of drug-likeness (QED) is 0.747. The van der Waals surface area contributed by atoms with Crippen molar-refractivity contribution in [1.29, 1.82) is 0 Å². The molecule has 140 valence electrons. The highest BCUT2D eigenvalue weighted by Gasteiger charge is 2.43. The lowest BCUT2D eigenvalue weighted by molar-refractivity contribution is 0.0980. The summed E-state index contributed by atoms with van der Waals surface area (Å²) in [5.74, 6) is -1.25. The van der Waals surface area contributed by atoms with Crippen molar-refractivity contribution in [1.82, 2.24) is 15.3 Å². The number of hydrogen-bond acceptors (Lipinski definition) is 6. The Morgan fingerprint density at radius 1 is 1.15 bits per heavy atom. The van der Waals surface area contributed by atoms with Crippen LogP contribution in [-0.2, 0) is 5.41 Å². The molecule has 0 bridgehead atoms. The number of amides is 1. The Hall–Kier alpha value is -3.10. The van der Waals surface area contributed by atoms with Gasteiger partial charge in [-0.3, -0.25) is 10.1 Å². The number of aryl methyl sites for hydroxylation is 1. The maximum atomic E-state index is 14.5. The zero-order valence-electron chi connectivity index (χ0n) is 14.5. The summed E-state index contributed by atoms with van der Waals surface area (Å²) in [4.78, 5) is 16.5. The highest BCUT2D eigenvalue weighted by Crippen LogP contribution is 2.46. The fraction of sp³-hybridized carbons (Fsp3) is 0.333. The molecule has 1 amide bonds. The van der Waals surface area contributed by atoms with Crippen molar-refractivity contribution in [2.75, 3.05) is 5.32 Å². The standard InChI is InChI=1S/C18H16F2N4O3/c1-10-8-14(23-26-10)21-15(25)16-22-17(24-27-16)18(6-2-3-7-18)12-5-4-11(19)9-13(12)20/h4-5,8-9H,2-3,6-7H2,1H3,(H,21,23,25). The smallest absolute Gasteiger partial charge is 0.316 e. The van der Waals surface area contributed by atoms with Crippen LogP contribution in [0.2, 0.25) is 0 Å². The second-order valence-electron chi connectivity index (χ2n) is 6.61. The van der Waals surface area contributed by atoms with Crippen molar-refractivity contribution in [3.63, 3.8) is 0 Å². The average Bonchev–Trinajstić information content (AvgIpc) is 3.35. The molecule has 0 radical (unpaired) electrons. The average molecular weight is 374 g/mol. The maximum Gasteiger partial charge on any atom is 0.316 e. The van der Waals surface area contributed by atoms with Crippen molar-refractivity contribution in [2.24, 2.45) is 0 Å². The van der Waals surface area contributed by atoms with Gasteiger partial charge in [0.25, 0.3) is 0 Å². The van der Waals surface area contributed by atoms with E-state index in [-0.39, 0.29) is 17.5 Å². The van der Waals surface area contributed by atoms with Gasteiger partial charge in [-0.2, -0.15) is 4.98 Å². The van der Waals surface area contributed by atoms with E-state index in [1.807, 2.05) is 0 Å². The number of anilines is 1. The number of aromatic nitrogens is 3. The largest absolute Gasteiger partial charge is 0.360 e. The minimum absolute atomic E-state index is 0.215. The lowest BCUT2D eigenvalue weighted by atomic mass is 9.78. The van der Waals surface area contributed by atoms with E-state index in [4.69, 9.17) is 9.05 Å². The van der Waals surface area contributed by atoms with Crippen molar-refractivity contribution < 1.29 is 22.6 Å². The van der Waals surface area contributed by atoms with Gasteiger partial charge in [0, 0.05) is 17.7 Å². The van der Waals surface area contributed by atoms with Gasteiger partial charge >= 0.3 is 11.8 Å². The molecule has 0 atom stereocenters. The van der Waals surface area contributed by atoms with E-state index in [1.54, 1.807) is 13.0 Å². The molecule has 1 aliphatic rings. The zero-order valence-corrected chi connectivity index (χ0v) is 14.5. The molecule has 9 heteroatoms. The van der Waals surface area contributed by atoms with Crippen LogP contribution in [0.15, 0.2) is 33.3 Å². The lowest BCUT2D eigenvalue weighted by Crippen LogP contribution is -2.27. The number of carbonyl (C=O) groups excluding carboxylic acids is 1. The highest BCUT2D eigenvalue weighted by molar-refractivity contribution is 6.00. The molecule has 3 aromatic rings. The first kappa shape index (κ1) is 17.3. The third-order valence-corrected chi connectivity index (χ3v) is 4.82. The third kappa shape index (κ3) is 3.09. The first-order chi connectivity index (χ1) is 13.0. The summed E-state index contributed by atoms with van der Waals surface area (Å²) in [5, 5.41) is 10.1. The molecule has 4 rings (SSSR count). The maximum absolute atomic E-state index is 14.5. The van der Waals surface area contributed by atoms with E-state index in [9.17, 15) is 13.6 Å². The second kappa shape index (κ2) is 6.57. The monoisotopic (exact) mass is 374 g/mol. The van der Waals surface area contributed by atoms with Crippen LogP contribution >= 0.6 is 0 Å². The van der Waals surface area contributed by atoms with Crippen LogP contribution in [0.1, 0.15) is 53.5 Å². The van der Waals surface area contributed by atoms with E-state index in [2.05, 4.69) is 20.6 Å². The number of nitrogens with one attached hydrogen (secondary N) is 1. The van der Waals surface area contributed by atoms with Crippen molar-refractivity contribution in [2.45, 2.75) is 38.0 Å². The van der Waals surface area contributed by atoms with E-state index >= 15 is 0 Å². The van der Waals surface area contributed by atoms with Crippen LogP contribution in [0, 0.1) is 18.6 Å². The molecule has 0 saturated heterocycles. The minimum atomic E-state index is -0.843. The molecular weight excluding hydrogens is 358 g/mol. The lowest BCUT2D eigenvalue weighted by Gasteiger charge is -2.26. The van der Waals surface area contributed by atoms with Gasteiger partial charge < -0.3 is 9.05 Å². The molecule has 2 heterocycles. The first-order valence-corrected chi connectivity index (χ1v) is 8.52. The Kier molecular flexibility index (Phi) is 4.21. The molecule has 1 N–H and O–H groups in total. The summed E-state index contributed by atoms with van der Waals surface area (Å²) in [6.07, 6.45) is 2.84. The topological polar surface area (TPSA) is 94.1 Å². The van der Waals surface area contributed by atoms with Gasteiger partial charge in [0.2, 0.25) is 0 Å². The summed E-state index contributed by atoms with van der Waals surface area (Å²) >= 11 is 0. The van der Waals surface area contributed by atoms with Crippen molar-refractivity contribution >= 4 is 11.7 Å². The van der Waals surface area contributed by atoms with E-state index in [1.165, 1.54) is 12.1 Å². The molecule has 0 spiro atoms. The summed E-state index contributed by atoms with van der Waals surface area (Å²) in [7, 11) is 0. The highest BCUT2D eigenvalue weighted by atomic mass is 19.1. The Morgan fingerprint density at radius 3 is 2.59 bits per heavy atom. The molecule has 1 aliphatic carbocycles. The van der Waals surface area contributed by atoms with Crippen molar-refractivity contribution in [3.05, 3.63) is 58.9 Å². The third-order valence-electron chi connectivity index (χ3n) is 4.82. The Labute approximate surface area is 152 Å². The number of rotatable bonds is 4. The molecule has 0 aliphatic heterocycles. The Balaban J connectivity index is 1.66. The summed E-state index contributed by atoms with van der Waals surface area (Å²) < 4.78 is 37.8. The molecule has 2 aromatic heterocycles. The summed E-state index contributed by atoms with van der Waals surface area (Å²) in [6.45, 7) is 1.69. The molecule has 1 fully saturated rings. The first-order valence-electron chi connectivity index (χ1n) is 8.52.